The monoisotopic (exact) mass is 393 g/mol. The number of fused-ring (bicyclic) bond motifs is 1. The first kappa shape index (κ1) is 18.4. The molecule has 0 saturated carbocycles. The number of aromatic hydroxyl groups is 1. The highest BCUT2D eigenvalue weighted by Crippen LogP contribution is 2.47. The summed E-state index contributed by atoms with van der Waals surface area (Å²) in [6.45, 7) is 1.63. The van der Waals surface area contributed by atoms with Gasteiger partial charge < -0.3 is 14.3 Å². The molecule has 1 aliphatic heterocycles. The van der Waals surface area contributed by atoms with Gasteiger partial charge in [-0.15, -0.1) is 11.8 Å². The van der Waals surface area contributed by atoms with E-state index in [2.05, 4.69) is 0 Å². The first-order chi connectivity index (χ1) is 13.6. The van der Waals surface area contributed by atoms with Crippen molar-refractivity contribution in [1.82, 2.24) is 0 Å². The van der Waals surface area contributed by atoms with Crippen LogP contribution in [0.2, 0.25) is 0 Å². The predicted molar refractivity (Wildman–Crippen MR) is 110 cm³/mol. The number of thioether (sulfide) groups is 1. The number of hydrogen-bond acceptors (Lipinski definition) is 6. The van der Waals surface area contributed by atoms with Crippen LogP contribution < -0.4 is 10.4 Å². The third kappa shape index (κ3) is 3.43. The molecule has 4 rings (SSSR count). The van der Waals surface area contributed by atoms with Crippen LogP contribution in [0.1, 0.15) is 28.6 Å². The number of aliphatic imine (C=N–C) groups is 1. The van der Waals surface area contributed by atoms with E-state index in [1.807, 2.05) is 48.5 Å². The van der Waals surface area contributed by atoms with Crippen molar-refractivity contribution in [2.75, 3.05) is 7.11 Å². The number of para-hydroxylation sites is 2. The van der Waals surface area contributed by atoms with Gasteiger partial charge in [-0.2, -0.15) is 0 Å². The summed E-state index contributed by atoms with van der Waals surface area (Å²) in [5.41, 5.74) is 1.80. The summed E-state index contributed by atoms with van der Waals surface area (Å²) in [5, 5.41) is 10.4. The molecule has 1 aliphatic rings. The molecule has 0 spiro atoms. The molecule has 142 valence electrons. The van der Waals surface area contributed by atoms with Crippen molar-refractivity contribution in [1.29, 1.82) is 0 Å². The van der Waals surface area contributed by atoms with Gasteiger partial charge in [-0.05, 0) is 25.1 Å². The summed E-state index contributed by atoms with van der Waals surface area (Å²) in [7, 11) is 1.64. The van der Waals surface area contributed by atoms with Crippen LogP contribution in [-0.4, -0.2) is 17.9 Å². The van der Waals surface area contributed by atoms with Crippen LogP contribution in [0.15, 0.2) is 73.7 Å². The summed E-state index contributed by atoms with van der Waals surface area (Å²) in [4.78, 5) is 18.2. The Labute approximate surface area is 166 Å². The first-order valence-corrected chi connectivity index (χ1v) is 9.75. The smallest absolute Gasteiger partial charge is 0.348 e. The van der Waals surface area contributed by atoms with Crippen molar-refractivity contribution in [3.05, 3.63) is 81.9 Å². The summed E-state index contributed by atoms with van der Waals surface area (Å²) in [6.07, 6.45) is 0.446. The van der Waals surface area contributed by atoms with Gasteiger partial charge in [-0.3, -0.25) is 4.99 Å². The van der Waals surface area contributed by atoms with Crippen LogP contribution in [0.3, 0.4) is 0 Å². The summed E-state index contributed by atoms with van der Waals surface area (Å²) < 4.78 is 10.8. The second-order valence-corrected chi connectivity index (χ2v) is 7.73. The van der Waals surface area contributed by atoms with Gasteiger partial charge in [0.1, 0.15) is 22.8 Å². The second-order valence-electron chi connectivity index (χ2n) is 6.48. The van der Waals surface area contributed by atoms with Gasteiger partial charge in [0.2, 0.25) is 0 Å². The molecule has 0 amide bonds. The Kier molecular flexibility index (Phi) is 4.96. The molecule has 1 aromatic heterocycles. The highest BCUT2D eigenvalue weighted by molar-refractivity contribution is 7.99. The number of benzene rings is 2. The lowest BCUT2D eigenvalue weighted by molar-refractivity contribution is 0.409. The van der Waals surface area contributed by atoms with Crippen LogP contribution >= 0.6 is 11.8 Å². The number of hydrogen-bond donors (Lipinski definition) is 1. The van der Waals surface area contributed by atoms with Gasteiger partial charge >= 0.3 is 5.63 Å². The van der Waals surface area contributed by atoms with Crippen LogP contribution in [-0.2, 0) is 0 Å². The molecule has 0 aliphatic carbocycles. The van der Waals surface area contributed by atoms with E-state index in [1.54, 1.807) is 25.8 Å². The maximum atomic E-state index is 12.5. The molecule has 28 heavy (non-hydrogen) atoms. The van der Waals surface area contributed by atoms with Gasteiger partial charge in [0.15, 0.2) is 0 Å². The minimum absolute atomic E-state index is 0.0429. The molecule has 3 aromatic rings. The first-order valence-electron chi connectivity index (χ1n) is 8.87. The Balaban J connectivity index is 1.89. The van der Waals surface area contributed by atoms with E-state index in [9.17, 15) is 9.90 Å². The normalized spacial score (nSPS) is 16.1. The molecule has 5 nitrogen and oxygen atoms in total. The van der Waals surface area contributed by atoms with Gasteiger partial charge in [-0.1, -0.05) is 30.3 Å². The van der Waals surface area contributed by atoms with Crippen molar-refractivity contribution in [3.8, 4) is 11.5 Å². The molecule has 0 unspecified atom stereocenters. The lowest BCUT2D eigenvalue weighted by atomic mass is 10.0. The average Bonchev–Trinajstić information content (AvgIpc) is 2.86. The molecule has 2 heterocycles. The Morgan fingerprint density at radius 1 is 1.18 bits per heavy atom. The van der Waals surface area contributed by atoms with E-state index < -0.39 is 5.63 Å². The number of methoxy groups -OCH3 is 1. The third-order valence-electron chi connectivity index (χ3n) is 4.60. The molecule has 0 radical (unpaired) electrons. The number of rotatable bonds is 3. The van der Waals surface area contributed by atoms with Crippen molar-refractivity contribution in [3.63, 3.8) is 0 Å². The van der Waals surface area contributed by atoms with Crippen LogP contribution in [0.5, 0.6) is 11.5 Å². The summed E-state index contributed by atoms with van der Waals surface area (Å²) in [6, 6.07) is 17.0. The van der Waals surface area contributed by atoms with Gasteiger partial charge in [0.05, 0.1) is 18.5 Å². The molecule has 1 atom stereocenters. The second kappa shape index (κ2) is 7.56. The average molecular weight is 393 g/mol. The molecule has 0 fully saturated rings. The van der Waals surface area contributed by atoms with E-state index in [0.29, 0.717) is 17.9 Å². The maximum absolute atomic E-state index is 12.5. The minimum Gasteiger partial charge on any atom is -0.507 e. The maximum Gasteiger partial charge on any atom is 0.348 e. The molecular formula is C22H19NO4S. The fourth-order valence-corrected chi connectivity index (χ4v) is 4.60. The van der Waals surface area contributed by atoms with Crippen LogP contribution in [0.4, 0.5) is 5.69 Å². The van der Waals surface area contributed by atoms with E-state index in [-0.39, 0.29) is 16.6 Å². The summed E-state index contributed by atoms with van der Waals surface area (Å²) >= 11 is 1.66. The Morgan fingerprint density at radius 2 is 1.93 bits per heavy atom. The number of aryl methyl sites for hydroxylation is 1. The van der Waals surface area contributed by atoms with Crippen LogP contribution in [0.25, 0.3) is 0 Å². The standard InChI is InChI=1S/C22H19NO4S/c1-13-11-17(24)21(22(25)27-13)16-12-20(14-7-3-5-9-18(14)26-2)28-19-10-6-4-8-15(19)23-16/h3-11,20,24H,12H2,1-2H3/t20-/m0/s1. The van der Waals surface area contributed by atoms with E-state index >= 15 is 0 Å². The quantitative estimate of drug-likeness (QED) is 0.676. The van der Waals surface area contributed by atoms with Crippen molar-refractivity contribution >= 4 is 23.2 Å². The van der Waals surface area contributed by atoms with Crippen LogP contribution in [0, 0.1) is 6.92 Å². The van der Waals surface area contributed by atoms with E-state index in [1.165, 1.54) is 6.07 Å². The number of ether oxygens (including phenoxy) is 1. The van der Waals surface area contributed by atoms with Crippen molar-refractivity contribution in [2.24, 2.45) is 4.99 Å². The van der Waals surface area contributed by atoms with E-state index in [0.717, 1.165) is 21.9 Å². The Bertz CT molecular complexity index is 1120. The van der Waals surface area contributed by atoms with Gasteiger partial charge in [0.25, 0.3) is 0 Å². The molecule has 6 heteroatoms. The molecule has 1 N–H and O–H groups in total. The SMILES string of the molecule is COc1ccccc1[C@@H]1CC(c2c(O)cc(C)oc2=O)=Nc2ccccc2S1. The van der Waals surface area contributed by atoms with E-state index in [4.69, 9.17) is 14.1 Å². The molecular weight excluding hydrogens is 374 g/mol. The third-order valence-corrected chi connectivity index (χ3v) is 5.90. The fourth-order valence-electron chi connectivity index (χ4n) is 3.34. The zero-order valence-electron chi connectivity index (χ0n) is 15.5. The zero-order chi connectivity index (χ0) is 19.7. The lowest BCUT2D eigenvalue weighted by Gasteiger charge is -2.18. The van der Waals surface area contributed by atoms with Crippen molar-refractivity contribution < 1.29 is 14.3 Å². The number of nitrogens with zero attached hydrogens (tertiary/aromatic N) is 1. The molecule has 2 aromatic carbocycles. The molecule has 0 saturated heterocycles. The largest absolute Gasteiger partial charge is 0.507 e. The van der Waals surface area contributed by atoms with Gasteiger partial charge in [-0.25, -0.2) is 4.79 Å². The fraction of sp³-hybridized carbons (Fsp3) is 0.182. The van der Waals surface area contributed by atoms with Crippen molar-refractivity contribution in [2.45, 2.75) is 23.5 Å². The Morgan fingerprint density at radius 3 is 2.71 bits per heavy atom. The van der Waals surface area contributed by atoms with Gasteiger partial charge in [0, 0.05) is 28.2 Å². The highest BCUT2D eigenvalue weighted by Gasteiger charge is 2.27. The summed E-state index contributed by atoms with van der Waals surface area (Å²) in [5.74, 6) is 1.02. The Hall–Kier alpha value is -2.99. The topological polar surface area (TPSA) is 72.0 Å². The predicted octanol–water partition coefficient (Wildman–Crippen LogP) is 5.02. The molecule has 0 bridgehead atoms. The lowest BCUT2D eigenvalue weighted by Crippen LogP contribution is -2.17. The highest BCUT2D eigenvalue weighted by atomic mass is 32.2. The minimum atomic E-state index is -0.584. The zero-order valence-corrected chi connectivity index (χ0v) is 16.3.